The molecule has 1 fully saturated rings. The fourth-order valence-electron chi connectivity index (χ4n) is 5.53. The number of amides is 6. The predicted octanol–water partition coefficient (Wildman–Crippen LogP) is 2.43. The van der Waals surface area contributed by atoms with Gasteiger partial charge in [0.15, 0.2) is 0 Å². The molecule has 1 unspecified atom stereocenters. The van der Waals surface area contributed by atoms with Crippen LogP contribution in [0.3, 0.4) is 0 Å². The summed E-state index contributed by atoms with van der Waals surface area (Å²) in [4.78, 5) is 76.3. The second kappa shape index (κ2) is 17.3. The summed E-state index contributed by atoms with van der Waals surface area (Å²) < 4.78 is 5.78. The van der Waals surface area contributed by atoms with E-state index in [2.05, 4.69) is 20.9 Å². The van der Waals surface area contributed by atoms with E-state index in [0.717, 1.165) is 35.4 Å². The number of rotatable bonds is 18. The van der Waals surface area contributed by atoms with E-state index in [4.69, 9.17) is 9.94 Å². The highest BCUT2D eigenvalue weighted by Crippen LogP contribution is 2.32. The number of ether oxygens (including phenoxy) is 1. The van der Waals surface area contributed by atoms with Crippen LogP contribution in [0.15, 0.2) is 42.5 Å². The lowest BCUT2D eigenvalue weighted by molar-refractivity contribution is -0.136. The van der Waals surface area contributed by atoms with Crippen LogP contribution in [-0.2, 0) is 30.5 Å². The summed E-state index contributed by atoms with van der Waals surface area (Å²) in [6.07, 6.45) is 3.90. The number of fused-ring (bicyclic) bond motifs is 1. The quantitative estimate of drug-likeness (QED) is 0.0694. The van der Waals surface area contributed by atoms with E-state index >= 15 is 0 Å². The molecule has 0 bridgehead atoms. The number of unbranched alkanes of at least 4 members (excludes halogenated alkanes) is 3. The van der Waals surface area contributed by atoms with Gasteiger partial charge in [-0.25, -0.2) is 5.48 Å². The third-order valence-electron chi connectivity index (χ3n) is 8.02. The van der Waals surface area contributed by atoms with E-state index in [1.807, 2.05) is 31.3 Å². The Morgan fingerprint density at radius 3 is 2.38 bits per heavy atom. The fraction of sp³-hybridized carbons (Fsp3) is 0.455. The van der Waals surface area contributed by atoms with Gasteiger partial charge in [-0.1, -0.05) is 31.0 Å². The second-order valence-corrected chi connectivity index (χ2v) is 11.6. The number of hydrogen-bond acceptors (Lipinski definition) is 10. The van der Waals surface area contributed by atoms with Crippen molar-refractivity contribution < 1.29 is 38.7 Å². The molecular formula is C33H42N6O8. The molecular weight excluding hydrogens is 608 g/mol. The lowest BCUT2D eigenvalue weighted by Crippen LogP contribution is -2.54. The zero-order valence-electron chi connectivity index (χ0n) is 26.5. The molecule has 6 amide bonds. The number of carbonyl (C=O) groups excluding carboxylic acids is 6. The molecule has 47 heavy (non-hydrogen) atoms. The Bertz CT molecular complexity index is 1460. The number of piperidine rings is 1. The summed E-state index contributed by atoms with van der Waals surface area (Å²) >= 11 is 0. The first-order chi connectivity index (χ1) is 22.7. The van der Waals surface area contributed by atoms with Crippen molar-refractivity contribution in [2.75, 3.05) is 44.0 Å². The molecule has 14 heteroatoms. The van der Waals surface area contributed by atoms with E-state index in [1.165, 1.54) is 0 Å². The molecule has 2 heterocycles. The molecule has 0 aliphatic carbocycles. The molecule has 14 nitrogen and oxygen atoms in total. The number of likely N-dealkylation sites (N-methyl/N-ethyl adjacent to an activating group) is 1. The highest BCUT2D eigenvalue weighted by atomic mass is 16.5. The number of imide groups is 2. The first-order valence-corrected chi connectivity index (χ1v) is 15.8. The number of carbonyl (C=O) groups is 6. The molecule has 0 radical (unpaired) electrons. The number of nitrogens with zero attached hydrogens (tertiary/aromatic N) is 2. The fourth-order valence-corrected chi connectivity index (χ4v) is 5.53. The third-order valence-corrected chi connectivity index (χ3v) is 8.02. The van der Waals surface area contributed by atoms with E-state index < -0.39 is 35.6 Å². The maximum Gasteiger partial charge on any atom is 0.264 e. The maximum absolute atomic E-state index is 13.2. The average Bonchev–Trinajstić information content (AvgIpc) is 3.31. The minimum absolute atomic E-state index is 0.0551. The van der Waals surface area contributed by atoms with Crippen molar-refractivity contribution in [3.8, 4) is 0 Å². The zero-order chi connectivity index (χ0) is 33.8. The van der Waals surface area contributed by atoms with Gasteiger partial charge in [0.25, 0.3) is 11.8 Å². The molecule has 1 atom stereocenters. The minimum Gasteiger partial charge on any atom is -0.382 e. The van der Waals surface area contributed by atoms with Crippen LogP contribution in [0, 0.1) is 0 Å². The molecule has 0 saturated carbocycles. The topological polar surface area (TPSA) is 186 Å². The third kappa shape index (κ3) is 9.91. The van der Waals surface area contributed by atoms with Crippen molar-refractivity contribution in [3.63, 3.8) is 0 Å². The first kappa shape index (κ1) is 35.2. The number of hydrogen-bond donors (Lipinski definition) is 5. The van der Waals surface area contributed by atoms with Crippen molar-refractivity contribution in [2.24, 2.45) is 0 Å². The van der Waals surface area contributed by atoms with Crippen LogP contribution in [0.1, 0.15) is 77.6 Å². The Morgan fingerprint density at radius 2 is 1.68 bits per heavy atom. The maximum atomic E-state index is 13.2. The summed E-state index contributed by atoms with van der Waals surface area (Å²) in [6, 6.07) is 11.6. The van der Waals surface area contributed by atoms with Crippen LogP contribution in [0.25, 0.3) is 0 Å². The normalized spacial score (nSPS) is 15.9. The van der Waals surface area contributed by atoms with Gasteiger partial charge in [0.05, 0.1) is 24.3 Å². The summed E-state index contributed by atoms with van der Waals surface area (Å²) in [5.74, 6) is -2.62. The Balaban J connectivity index is 1.11. The van der Waals surface area contributed by atoms with Crippen LogP contribution in [-0.4, -0.2) is 89.8 Å². The molecule has 0 aromatic heterocycles. The van der Waals surface area contributed by atoms with Gasteiger partial charge in [-0.2, -0.15) is 0 Å². The van der Waals surface area contributed by atoms with Gasteiger partial charge < -0.3 is 15.4 Å². The molecule has 2 aromatic carbocycles. The molecule has 4 rings (SSSR count). The van der Waals surface area contributed by atoms with Crippen molar-refractivity contribution in [2.45, 2.75) is 64.0 Å². The summed E-state index contributed by atoms with van der Waals surface area (Å²) in [6.45, 7) is 2.62. The van der Waals surface area contributed by atoms with E-state index in [0.29, 0.717) is 51.4 Å². The van der Waals surface area contributed by atoms with E-state index in [-0.39, 0.29) is 36.3 Å². The van der Waals surface area contributed by atoms with Gasteiger partial charge in [-0.05, 0) is 56.1 Å². The summed E-state index contributed by atoms with van der Waals surface area (Å²) in [5, 5.41) is 16.8. The van der Waals surface area contributed by atoms with E-state index in [9.17, 15) is 28.8 Å². The molecule has 1 saturated heterocycles. The highest BCUT2D eigenvalue weighted by Gasteiger charge is 2.45. The standard InChI is InChI=1S/C33H42N6O8/c1-38(21-22-11-13-23(14-12-22)35-27(40)9-4-2-3-5-10-29(42)37-46)18-20-47-19-17-34-25-8-6-7-24-30(25)33(45)39(32(24)44)26-15-16-28(41)36-31(26)43/h6-8,11-14,26,34,46H,2-5,9-10,15-21H2,1H3,(H,35,40)(H,37,42)(H,36,41,43). The minimum atomic E-state index is -1.01. The largest absolute Gasteiger partial charge is 0.382 e. The van der Waals surface area contributed by atoms with Crippen molar-refractivity contribution in [1.29, 1.82) is 0 Å². The Hall–Kier alpha value is -4.66. The van der Waals surface area contributed by atoms with Gasteiger partial charge in [0, 0.05) is 50.3 Å². The number of anilines is 2. The van der Waals surface area contributed by atoms with Gasteiger partial charge in [-0.3, -0.25) is 49.1 Å². The van der Waals surface area contributed by atoms with Gasteiger partial charge in [-0.15, -0.1) is 0 Å². The SMILES string of the molecule is CN(CCOCCNc1cccc2c1C(=O)N(C1CCC(=O)NC1=O)C2=O)Cc1ccc(NC(=O)CCCCCCC(=O)NO)cc1. The molecule has 2 aliphatic heterocycles. The van der Waals surface area contributed by atoms with Crippen molar-refractivity contribution >= 4 is 46.8 Å². The lowest BCUT2D eigenvalue weighted by Gasteiger charge is -2.27. The van der Waals surface area contributed by atoms with Crippen LogP contribution in [0.2, 0.25) is 0 Å². The Labute approximate surface area is 273 Å². The number of nitrogens with one attached hydrogen (secondary N) is 4. The smallest absolute Gasteiger partial charge is 0.264 e. The summed E-state index contributed by atoms with van der Waals surface area (Å²) in [7, 11) is 1.98. The zero-order valence-corrected chi connectivity index (χ0v) is 26.5. The van der Waals surface area contributed by atoms with Crippen LogP contribution < -0.4 is 21.4 Å². The van der Waals surface area contributed by atoms with E-state index in [1.54, 1.807) is 23.7 Å². The number of hydroxylamine groups is 1. The second-order valence-electron chi connectivity index (χ2n) is 11.6. The lowest BCUT2D eigenvalue weighted by atomic mass is 10.0. The Morgan fingerprint density at radius 1 is 0.957 bits per heavy atom. The molecule has 0 spiro atoms. The first-order valence-electron chi connectivity index (χ1n) is 15.8. The summed E-state index contributed by atoms with van der Waals surface area (Å²) in [5.41, 5.74) is 4.35. The van der Waals surface area contributed by atoms with Crippen molar-refractivity contribution in [1.82, 2.24) is 20.6 Å². The Kier molecular flexibility index (Phi) is 13.0. The predicted molar refractivity (Wildman–Crippen MR) is 171 cm³/mol. The molecule has 252 valence electrons. The van der Waals surface area contributed by atoms with Crippen LogP contribution in [0.4, 0.5) is 11.4 Å². The monoisotopic (exact) mass is 650 g/mol. The molecule has 2 aliphatic rings. The van der Waals surface area contributed by atoms with Crippen molar-refractivity contribution in [3.05, 3.63) is 59.2 Å². The van der Waals surface area contributed by atoms with Gasteiger partial charge in [0.1, 0.15) is 6.04 Å². The van der Waals surface area contributed by atoms with Gasteiger partial charge >= 0.3 is 0 Å². The highest BCUT2D eigenvalue weighted by molar-refractivity contribution is 6.25. The van der Waals surface area contributed by atoms with Crippen LogP contribution in [0.5, 0.6) is 0 Å². The van der Waals surface area contributed by atoms with Gasteiger partial charge in [0.2, 0.25) is 23.6 Å². The number of benzene rings is 2. The van der Waals surface area contributed by atoms with Crippen LogP contribution >= 0.6 is 0 Å². The average molecular weight is 651 g/mol. The molecule has 2 aromatic rings. The molecule has 5 N–H and O–H groups in total.